The van der Waals surface area contributed by atoms with E-state index in [0.29, 0.717) is 5.65 Å². The highest BCUT2D eigenvalue weighted by atomic mass is 32.1. The number of aromatic nitrogens is 8. The zero-order valence-electron chi connectivity index (χ0n) is 14.3. The topological polar surface area (TPSA) is 94.6 Å². The zero-order valence-corrected chi connectivity index (χ0v) is 15.1. The number of thiophene rings is 1. The van der Waals surface area contributed by atoms with E-state index in [0.717, 1.165) is 42.8 Å². The summed E-state index contributed by atoms with van der Waals surface area (Å²) in [5.41, 5.74) is 5.12. The van der Waals surface area contributed by atoms with Crippen LogP contribution in [0.4, 0.5) is 0 Å². The monoisotopic (exact) mass is 382 g/mol. The number of fused-ring (bicyclic) bond motifs is 5. The summed E-state index contributed by atoms with van der Waals surface area (Å²) in [4.78, 5) is 0.777. The molecule has 4 heterocycles. The molecule has 0 fully saturated rings. The normalized spacial score (nSPS) is 11.6. The first-order valence-corrected chi connectivity index (χ1v) is 9.36. The Morgan fingerprint density at radius 1 is 0.714 bits per heavy atom. The van der Waals surface area contributed by atoms with E-state index >= 15 is 0 Å². The molecule has 0 aliphatic carbocycles. The van der Waals surface area contributed by atoms with Gasteiger partial charge in [-0.15, -0.1) is 31.7 Å². The van der Waals surface area contributed by atoms with Crippen molar-refractivity contribution in [2.45, 2.75) is 0 Å². The first kappa shape index (κ1) is 15.2. The molecule has 0 aliphatic heterocycles. The molecule has 8 nitrogen and oxygen atoms in total. The number of rotatable bonds is 2. The molecule has 2 aromatic carbocycles. The van der Waals surface area contributed by atoms with E-state index in [-0.39, 0.29) is 0 Å². The summed E-state index contributed by atoms with van der Waals surface area (Å²) in [5.74, 6) is 0. The van der Waals surface area contributed by atoms with Gasteiger partial charge in [0.05, 0.1) is 5.39 Å². The summed E-state index contributed by atoms with van der Waals surface area (Å²) < 4.78 is 2.16. The van der Waals surface area contributed by atoms with Crippen molar-refractivity contribution in [2.24, 2.45) is 0 Å². The fourth-order valence-corrected chi connectivity index (χ4v) is 4.40. The lowest BCUT2D eigenvalue weighted by atomic mass is 9.97. The molecule has 28 heavy (non-hydrogen) atoms. The molecule has 0 atom stereocenters. The quantitative estimate of drug-likeness (QED) is 0.453. The molecule has 9 heteroatoms. The van der Waals surface area contributed by atoms with E-state index in [1.807, 2.05) is 48.5 Å². The van der Waals surface area contributed by atoms with Crippen molar-refractivity contribution in [1.29, 1.82) is 0 Å². The summed E-state index contributed by atoms with van der Waals surface area (Å²) in [6.07, 6.45) is 0. The molecule has 0 radical (unpaired) electrons. The molecule has 0 spiro atoms. The molecule has 0 unspecified atom stereocenters. The van der Waals surface area contributed by atoms with Gasteiger partial charge in [-0.2, -0.15) is 0 Å². The molecule has 6 rings (SSSR count). The largest absolute Gasteiger partial charge is 0.221 e. The number of tetrazole rings is 1. The molecule has 0 saturated carbocycles. The Labute approximate surface area is 161 Å². The predicted octanol–water partition coefficient (Wildman–Crippen LogP) is 3.41. The molecule has 0 amide bonds. The lowest BCUT2D eigenvalue weighted by molar-refractivity contribution is 0.689. The van der Waals surface area contributed by atoms with E-state index in [1.165, 1.54) is 16.0 Å². The molecule has 6 aromatic rings. The summed E-state index contributed by atoms with van der Waals surface area (Å²) >= 11 is 1.47. The Kier molecular flexibility index (Phi) is 3.17. The van der Waals surface area contributed by atoms with Gasteiger partial charge in [-0.1, -0.05) is 65.3 Å². The van der Waals surface area contributed by atoms with Gasteiger partial charge in [-0.3, -0.25) is 0 Å². The van der Waals surface area contributed by atoms with Crippen molar-refractivity contribution in [3.05, 3.63) is 60.7 Å². The molecule has 0 saturated heterocycles. The van der Waals surface area contributed by atoms with Crippen LogP contribution in [0.25, 0.3) is 48.5 Å². The number of hydrogen-bond acceptors (Lipinski definition) is 8. The van der Waals surface area contributed by atoms with Crippen molar-refractivity contribution >= 4 is 37.4 Å². The van der Waals surface area contributed by atoms with Gasteiger partial charge >= 0.3 is 0 Å². The molecule has 0 aliphatic rings. The second-order valence-corrected chi connectivity index (χ2v) is 7.20. The van der Waals surface area contributed by atoms with Crippen LogP contribution in [0, 0.1) is 0 Å². The highest BCUT2D eigenvalue weighted by Gasteiger charge is 2.22. The summed E-state index contributed by atoms with van der Waals surface area (Å²) in [6, 6.07) is 20.2. The van der Waals surface area contributed by atoms with Crippen molar-refractivity contribution in [3.63, 3.8) is 0 Å². The second kappa shape index (κ2) is 5.83. The summed E-state index contributed by atoms with van der Waals surface area (Å²) in [7, 11) is 0. The maximum Gasteiger partial charge on any atom is 0.221 e. The summed E-state index contributed by atoms with van der Waals surface area (Å²) in [5, 5.41) is 30.1. The smallest absolute Gasteiger partial charge is 0.148 e. The van der Waals surface area contributed by atoms with Crippen molar-refractivity contribution in [2.75, 3.05) is 0 Å². The highest BCUT2D eigenvalue weighted by Crippen LogP contribution is 2.42. The number of nitrogens with zero attached hydrogens (tertiary/aromatic N) is 8. The van der Waals surface area contributed by atoms with Crippen LogP contribution < -0.4 is 0 Å². The van der Waals surface area contributed by atoms with Gasteiger partial charge in [0.2, 0.25) is 5.65 Å². The fraction of sp³-hybridized carbons (Fsp3) is 0. The van der Waals surface area contributed by atoms with Crippen molar-refractivity contribution in [3.8, 4) is 22.4 Å². The molecular weight excluding hydrogens is 372 g/mol. The molecule has 4 aromatic heterocycles. The lowest BCUT2D eigenvalue weighted by Gasteiger charge is -2.10. The average molecular weight is 382 g/mol. The zero-order chi connectivity index (χ0) is 18.5. The van der Waals surface area contributed by atoms with Gasteiger partial charge in [0.25, 0.3) is 0 Å². The van der Waals surface area contributed by atoms with Crippen molar-refractivity contribution < 1.29 is 0 Å². The maximum absolute atomic E-state index is 4.57. The Hall–Kier alpha value is -3.85. The van der Waals surface area contributed by atoms with Crippen LogP contribution in [-0.2, 0) is 0 Å². The van der Waals surface area contributed by atoms with E-state index in [9.17, 15) is 0 Å². The third-order valence-electron chi connectivity index (χ3n) is 4.59. The minimum absolute atomic E-state index is 0.563. The van der Waals surface area contributed by atoms with Gasteiger partial charge in [0.1, 0.15) is 20.7 Å². The van der Waals surface area contributed by atoms with E-state index in [2.05, 4.69) is 48.2 Å². The molecule has 0 bridgehead atoms. The van der Waals surface area contributed by atoms with Crippen LogP contribution >= 0.6 is 11.3 Å². The van der Waals surface area contributed by atoms with Gasteiger partial charge < -0.3 is 0 Å². The second-order valence-electron chi connectivity index (χ2n) is 6.20. The molecule has 0 N–H and O–H groups in total. The number of benzene rings is 2. The Balaban J connectivity index is 1.81. The highest BCUT2D eigenvalue weighted by molar-refractivity contribution is 7.26. The lowest BCUT2D eigenvalue weighted by Crippen LogP contribution is -1.98. The van der Waals surface area contributed by atoms with Gasteiger partial charge in [0, 0.05) is 11.1 Å². The third-order valence-corrected chi connectivity index (χ3v) is 5.65. The fourth-order valence-electron chi connectivity index (χ4n) is 3.37. The first-order chi connectivity index (χ1) is 13.9. The Bertz CT molecular complexity index is 1460. The van der Waals surface area contributed by atoms with Crippen LogP contribution in [0.3, 0.4) is 0 Å². The van der Waals surface area contributed by atoms with E-state index in [4.69, 9.17) is 0 Å². The van der Waals surface area contributed by atoms with E-state index in [1.54, 1.807) is 0 Å². The van der Waals surface area contributed by atoms with Crippen LogP contribution in [0.1, 0.15) is 0 Å². The van der Waals surface area contributed by atoms with E-state index < -0.39 is 0 Å². The van der Waals surface area contributed by atoms with Crippen LogP contribution in [0.5, 0.6) is 0 Å². The molecular formula is C19H10N8S. The van der Waals surface area contributed by atoms with Crippen molar-refractivity contribution in [1.82, 2.24) is 40.7 Å². The maximum atomic E-state index is 4.57. The Morgan fingerprint density at radius 3 is 2.25 bits per heavy atom. The summed E-state index contributed by atoms with van der Waals surface area (Å²) in [6.45, 7) is 0. The average Bonchev–Trinajstić information content (AvgIpc) is 3.38. The third kappa shape index (κ3) is 2.13. The standard InChI is InChI=1S/C19H10N8S/c1-3-7-11(8-4-1)13-14-16-17(18-22-24-26-27(18)25-21-16)28-19(14)23-20-15(13)12-9-5-2-6-10-12/h1-10H. The van der Waals surface area contributed by atoms with Gasteiger partial charge in [-0.25, -0.2) is 0 Å². The van der Waals surface area contributed by atoms with Gasteiger partial charge in [-0.05, 0) is 21.2 Å². The van der Waals surface area contributed by atoms with Crippen LogP contribution in [-0.4, -0.2) is 40.7 Å². The van der Waals surface area contributed by atoms with Crippen LogP contribution in [0.2, 0.25) is 0 Å². The number of hydrogen-bond donors (Lipinski definition) is 0. The Morgan fingerprint density at radius 2 is 1.46 bits per heavy atom. The predicted molar refractivity (Wildman–Crippen MR) is 106 cm³/mol. The SMILES string of the molecule is c1ccc(-c2nnc3sc4c(nnn5nnnc45)c3c2-c2ccccc2)cc1. The van der Waals surface area contributed by atoms with Gasteiger partial charge in [0.15, 0.2) is 0 Å². The minimum atomic E-state index is 0.563. The first-order valence-electron chi connectivity index (χ1n) is 8.55. The van der Waals surface area contributed by atoms with Crippen LogP contribution in [0.15, 0.2) is 60.7 Å². The minimum Gasteiger partial charge on any atom is -0.148 e. The molecule has 132 valence electrons.